The third kappa shape index (κ3) is 5.57. The number of para-hydroxylation sites is 2. The van der Waals surface area contributed by atoms with Crippen LogP contribution >= 0.6 is 11.3 Å². The molecule has 2 nitrogen and oxygen atoms in total. The quantitative estimate of drug-likeness (QED) is 0.157. The standard InChI is InChI=1S/C48H43B13N2S/c49-35-30(36(50)41(55)38(52)33(35)34-39(53)43(57)45(59)44(58)40(34)54)18-12-15-28-23(16-18)31-27(10-5-11-29(31)64-28)63-24-8-3-1-6-20(24)22-17-19(13-14-26(22)63)62-25-9-4-2-7-21(25)32-37(51)42(56)46(60)47(61)48(32)62/h1-17H,49-61H2. The van der Waals surface area contributed by atoms with Crippen molar-refractivity contribution in [2.24, 2.45) is 0 Å². The van der Waals surface area contributed by atoms with Crippen LogP contribution in [0.3, 0.4) is 0 Å². The molecule has 0 amide bonds. The van der Waals surface area contributed by atoms with E-state index in [4.69, 9.17) is 0 Å². The van der Waals surface area contributed by atoms with Gasteiger partial charge in [-0.05, 0) is 76.9 Å². The Kier molecular flexibility index (Phi) is 9.47. The van der Waals surface area contributed by atoms with Gasteiger partial charge in [0.05, 0.1) is 22.2 Å². The molecule has 3 aromatic heterocycles. The molecule has 11 aromatic rings. The number of hydrogen-bond donors (Lipinski definition) is 0. The molecule has 0 unspecified atom stereocenters. The van der Waals surface area contributed by atoms with E-state index >= 15 is 0 Å². The third-order valence-corrected chi connectivity index (χ3v) is 17.2. The SMILES string of the molecule is Bc1c(B)c(B)c(-c2c(B)c(B)c(B)c(-c3ccc4sc5cccc(-n6c7ccccc7c7cc(-n8c9ccccc9c9c(B)c(B)c(B)c(B)c98)ccc76)c5c4c3)c2B)c(B)c1B. The normalized spacial score (nSPS) is 11.9. The number of rotatable bonds is 4. The average Bonchev–Trinajstić information content (AvgIpc) is 3.97. The first-order chi connectivity index (χ1) is 30.7. The van der Waals surface area contributed by atoms with E-state index in [2.05, 4.69) is 214 Å². The minimum Gasteiger partial charge on any atom is -0.310 e. The maximum Gasteiger partial charge on any atom is 0.141 e. The Bertz CT molecular complexity index is 3870. The molecule has 0 atom stereocenters. The molecule has 11 rings (SSSR count). The van der Waals surface area contributed by atoms with Gasteiger partial charge in [0.1, 0.15) is 102 Å². The van der Waals surface area contributed by atoms with Crippen molar-refractivity contribution in [2.45, 2.75) is 0 Å². The van der Waals surface area contributed by atoms with Crippen molar-refractivity contribution in [3.63, 3.8) is 0 Å². The lowest BCUT2D eigenvalue weighted by Gasteiger charge is -2.27. The van der Waals surface area contributed by atoms with E-state index < -0.39 is 0 Å². The van der Waals surface area contributed by atoms with Crippen molar-refractivity contribution >= 4 is 248 Å². The van der Waals surface area contributed by atoms with E-state index in [0.717, 1.165) is 0 Å². The smallest absolute Gasteiger partial charge is 0.141 e. The lowest BCUT2D eigenvalue weighted by Crippen LogP contribution is -2.57. The second kappa shape index (κ2) is 14.7. The zero-order chi connectivity index (χ0) is 44.8. The summed E-state index contributed by atoms with van der Waals surface area (Å²) < 4.78 is 7.67. The monoisotopic (exact) mass is 822 g/mol. The number of fused-ring (bicyclic) bond motifs is 9. The van der Waals surface area contributed by atoms with E-state index in [1.807, 2.05) is 11.3 Å². The Morgan fingerprint density at radius 1 is 0.328 bits per heavy atom. The van der Waals surface area contributed by atoms with Crippen LogP contribution in [0.1, 0.15) is 0 Å². The fourth-order valence-electron chi connectivity index (χ4n) is 11.7. The summed E-state index contributed by atoms with van der Waals surface area (Å²) in [4.78, 5) is 0. The van der Waals surface area contributed by atoms with Gasteiger partial charge in [-0.1, -0.05) is 92.2 Å². The van der Waals surface area contributed by atoms with Gasteiger partial charge >= 0.3 is 0 Å². The number of thiophene rings is 1. The van der Waals surface area contributed by atoms with Gasteiger partial charge in [0.25, 0.3) is 0 Å². The summed E-state index contributed by atoms with van der Waals surface area (Å²) in [7, 11) is 30.0. The number of aromatic nitrogens is 2. The van der Waals surface area contributed by atoms with E-state index in [1.54, 1.807) is 0 Å². The van der Waals surface area contributed by atoms with Gasteiger partial charge in [-0.3, -0.25) is 0 Å². The molecule has 0 spiro atoms. The van der Waals surface area contributed by atoms with Gasteiger partial charge in [0.15, 0.2) is 0 Å². The number of nitrogens with zero attached hydrogens (tertiary/aromatic N) is 2. The van der Waals surface area contributed by atoms with Crippen molar-refractivity contribution in [2.75, 3.05) is 0 Å². The van der Waals surface area contributed by atoms with Gasteiger partial charge < -0.3 is 9.13 Å². The molecule has 64 heavy (non-hydrogen) atoms. The lowest BCUT2D eigenvalue weighted by atomic mass is 9.56. The summed E-state index contributed by atoms with van der Waals surface area (Å²) in [5.41, 5.74) is 30.8. The average molecular weight is 821 g/mol. The first-order valence-electron chi connectivity index (χ1n) is 22.9. The molecule has 0 fully saturated rings. The molecule has 0 bridgehead atoms. The molecule has 0 N–H and O–H groups in total. The number of benzene rings is 8. The summed E-state index contributed by atoms with van der Waals surface area (Å²) in [6.45, 7) is 0. The predicted octanol–water partition coefficient (Wildman–Crippen LogP) is -9.06. The molecule has 3 heterocycles. The first-order valence-corrected chi connectivity index (χ1v) is 23.7. The van der Waals surface area contributed by atoms with Crippen LogP contribution in [0.4, 0.5) is 0 Å². The molecular formula is C48H43B13N2S. The van der Waals surface area contributed by atoms with E-state index in [9.17, 15) is 0 Å². The predicted molar refractivity (Wildman–Crippen MR) is 325 cm³/mol. The van der Waals surface area contributed by atoms with Crippen molar-refractivity contribution < 1.29 is 0 Å². The summed E-state index contributed by atoms with van der Waals surface area (Å²) in [6.07, 6.45) is 0. The van der Waals surface area contributed by atoms with Crippen LogP contribution in [0.5, 0.6) is 0 Å². The van der Waals surface area contributed by atoms with Crippen LogP contribution in [0.15, 0.2) is 103 Å². The Labute approximate surface area is 391 Å². The summed E-state index contributed by atoms with van der Waals surface area (Å²) in [5.74, 6) is 0. The van der Waals surface area contributed by atoms with Crippen molar-refractivity contribution in [1.29, 1.82) is 0 Å². The van der Waals surface area contributed by atoms with Crippen LogP contribution in [-0.4, -0.2) is 111 Å². The van der Waals surface area contributed by atoms with Crippen LogP contribution in [0.25, 0.3) is 97.4 Å². The van der Waals surface area contributed by atoms with Crippen LogP contribution in [0, 0.1) is 0 Å². The molecule has 16 heteroatoms. The maximum atomic E-state index is 2.53. The molecular weight excluding hydrogens is 777 g/mol. The molecule has 8 aromatic carbocycles. The van der Waals surface area contributed by atoms with Crippen molar-refractivity contribution in [3.8, 4) is 33.6 Å². The van der Waals surface area contributed by atoms with Gasteiger partial charge in [-0.2, -0.15) is 0 Å². The van der Waals surface area contributed by atoms with Crippen LogP contribution in [-0.2, 0) is 0 Å². The molecule has 0 aliphatic heterocycles. The Balaban J connectivity index is 1.15. The lowest BCUT2D eigenvalue weighted by molar-refractivity contribution is 1.18. The second-order valence-electron chi connectivity index (χ2n) is 18.8. The molecule has 0 aliphatic rings. The fraction of sp³-hybridized carbons (Fsp3) is 0. The minimum atomic E-state index is 1.19. The highest BCUT2D eigenvalue weighted by Gasteiger charge is 2.24. The van der Waals surface area contributed by atoms with Crippen LogP contribution in [0.2, 0.25) is 0 Å². The first kappa shape index (κ1) is 41.1. The largest absolute Gasteiger partial charge is 0.310 e. The molecule has 290 valence electrons. The van der Waals surface area contributed by atoms with Crippen molar-refractivity contribution in [3.05, 3.63) is 103 Å². The fourth-order valence-corrected chi connectivity index (χ4v) is 12.8. The molecule has 0 saturated carbocycles. The number of hydrogen-bond acceptors (Lipinski definition) is 1. The summed E-state index contributed by atoms with van der Waals surface area (Å²) >= 11 is 1.90. The Hall–Kier alpha value is -5.58. The topological polar surface area (TPSA) is 9.86 Å². The van der Waals surface area contributed by atoms with Crippen molar-refractivity contribution in [1.82, 2.24) is 9.13 Å². The minimum absolute atomic E-state index is 1.19. The highest BCUT2D eigenvalue weighted by molar-refractivity contribution is 7.26. The van der Waals surface area contributed by atoms with Gasteiger partial charge in [-0.25, -0.2) is 0 Å². The molecule has 0 radical (unpaired) electrons. The Morgan fingerprint density at radius 3 is 1.58 bits per heavy atom. The van der Waals surface area contributed by atoms with E-state index in [1.165, 1.54) is 168 Å². The highest BCUT2D eigenvalue weighted by atomic mass is 32.1. The van der Waals surface area contributed by atoms with Gasteiger partial charge in [0, 0.05) is 52.9 Å². The Morgan fingerprint density at radius 2 is 0.875 bits per heavy atom. The zero-order valence-electron chi connectivity index (χ0n) is 39.6. The van der Waals surface area contributed by atoms with E-state index in [-0.39, 0.29) is 0 Å². The van der Waals surface area contributed by atoms with E-state index in [0.29, 0.717) is 0 Å². The van der Waals surface area contributed by atoms with Gasteiger partial charge in [0.2, 0.25) is 0 Å². The molecule has 0 aliphatic carbocycles. The maximum absolute atomic E-state index is 2.53. The van der Waals surface area contributed by atoms with Crippen LogP contribution < -0.4 is 71.0 Å². The third-order valence-electron chi connectivity index (χ3n) is 16.1. The zero-order valence-corrected chi connectivity index (χ0v) is 40.4. The summed E-state index contributed by atoms with van der Waals surface area (Å²) in [5, 5.41) is 7.82. The second-order valence-corrected chi connectivity index (χ2v) is 19.9. The summed E-state index contributed by atoms with van der Waals surface area (Å²) in [6, 6.07) is 39.2. The van der Waals surface area contributed by atoms with Gasteiger partial charge in [-0.15, -0.1) is 38.7 Å². The molecule has 0 saturated heterocycles. The highest BCUT2D eigenvalue weighted by Crippen LogP contribution is 2.43.